The van der Waals surface area contributed by atoms with E-state index in [1.807, 2.05) is 45.9 Å². The first-order valence-corrected chi connectivity index (χ1v) is 12.3. The van der Waals surface area contributed by atoms with Gasteiger partial charge in [0, 0.05) is 18.0 Å². The normalized spacial score (nSPS) is 16.2. The monoisotopic (exact) mass is 509 g/mol. The summed E-state index contributed by atoms with van der Waals surface area (Å²) in [5.74, 6) is -0.0481. The Balaban J connectivity index is 1.51. The summed E-state index contributed by atoms with van der Waals surface area (Å²) in [5.41, 5.74) is 6.69. The number of carbonyl (C=O) groups is 2. The predicted molar refractivity (Wildman–Crippen MR) is 141 cm³/mol. The maximum absolute atomic E-state index is 12.8. The molecular weight excluding hydrogens is 474 g/mol. The molecule has 11 heteroatoms. The molecule has 1 amide bonds. The third-order valence-corrected chi connectivity index (χ3v) is 6.52. The Morgan fingerprint density at radius 3 is 2.03 bits per heavy atom. The number of hydrazone groups is 2. The molecule has 1 aliphatic heterocycles. The van der Waals surface area contributed by atoms with Crippen LogP contribution in [0.1, 0.15) is 64.8 Å². The predicted octanol–water partition coefficient (Wildman–Crippen LogP) is 3.35. The van der Waals surface area contributed by atoms with E-state index < -0.39 is 11.4 Å². The molecule has 0 aromatic carbocycles. The minimum Gasteiger partial charge on any atom is -0.481 e. The van der Waals surface area contributed by atoms with Crippen molar-refractivity contribution in [3.63, 3.8) is 0 Å². The molecule has 0 saturated heterocycles. The summed E-state index contributed by atoms with van der Waals surface area (Å²) >= 11 is 0. The molecule has 0 fully saturated rings. The van der Waals surface area contributed by atoms with Gasteiger partial charge >= 0.3 is 5.97 Å². The molecule has 0 spiro atoms. The fourth-order valence-electron chi connectivity index (χ4n) is 3.67. The van der Waals surface area contributed by atoms with Crippen LogP contribution in [0.2, 0.25) is 0 Å². The number of rotatable bonds is 13. The SMILES string of the molecule is CCC(C)(COCC(C)(CC)CC(=O)Nc1ccc(C2=NNC(c3ccccn3)=NN2)nc1)CC(=O)O. The second-order valence-electron chi connectivity index (χ2n) is 9.91. The summed E-state index contributed by atoms with van der Waals surface area (Å²) in [4.78, 5) is 32.5. The molecule has 2 unspecified atom stereocenters. The number of carboxylic acid groups (broad SMARTS) is 1. The molecule has 4 N–H and O–H groups in total. The van der Waals surface area contributed by atoms with E-state index in [9.17, 15) is 9.59 Å². The lowest BCUT2D eigenvalue weighted by atomic mass is 9.83. The van der Waals surface area contributed by atoms with Crippen molar-refractivity contribution in [2.75, 3.05) is 18.5 Å². The number of nitrogens with zero attached hydrogens (tertiary/aromatic N) is 4. The van der Waals surface area contributed by atoms with Gasteiger partial charge in [-0.15, -0.1) is 0 Å². The number of hydrogen-bond donors (Lipinski definition) is 4. The molecule has 0 aliphatic carbocycles. The summed E-state index contributed by atoms with van der Waals surface area (Å²) < 4.78 is 5.92. The van der Waals surface area contributed by atoms with Gasteiger partial charge in [0.15, 0.2) is 11.7 Å². The Kier molecular flexibility index (Phi) is 9.29. The van der Waals surface area contributed by atoms with Crippen LogP contribution in [0, 0.1) is 10.8 Å². The minimum atomic E-state index is -0.838. The lowest BCUT2D eigenvalue weighted by Crippen LogP contribution is -2.35. The summed E-state index contributed by atoms with van der Waals surface area (Å²) in [6.07, 6.45) is 4.98. The number of amidine groups is 2. The first kappa shape index (κ1) is 27.7. The number of nitrogens with one attached hydrogen (secondary N) is 3. The lowest BCUT2D eigenvalue weighted by molar-refractivity contribution is -0.141. The van der Waals surface area contributed by atoms with Gasteiger partial charge in [-0.2, -0.15) is 10.2 Å². The van der Waals surface area contributed by atoms with E-state index in [-0.39, 0.29) is 24.2 Å². The van der Waals surface area contributed by atoms with Crippen LogP contribution in [0.3, 0.4) is 0 Å². The van der Waals surface area contributed by atoms with Crippen LogP contribution < -0.4 is 16.2 Å². The zero-order valence-corrected chi connectivity index (χ0v) is 21.7. The number of carboxylic acids is 1. The summed E-state index contributed by atoms with van der Waals surface area (Å²) in [6.45, 7) is 8.56. The highest BCUT2D eigenvalue weighted by molar-refractivity contribution is 6.04. The number of hydrogen-bond acceptors (Lipinski definition) is 9. The number of amides is 1. The number of aliphatic carboxylic acids is 1. The molecule has 2 atom stereocenters. The van der Waals surface area contributed by atoms with E-state index >= 15 is 0 Å². The highest BCUT2D eigenvalue weighted by Gasteiger charge is 2.30. The second kappa shape index (κ2) is 12.4. The zero-order chi connectivity index (χ0) is 26.9. The number of ether oxygens (including phenoxy) is 1. The van der Waals surface area contributed by atoms with Crippen molar-refractivity contribution >= 4 is 29.2 Å². The van der Waals surface area contributed by atoms with Gasteiger partial charge in [0.2, 0.25) is 5.91 Å². The molecule has 1 aliphatic rings. The summed E-state index contributed by atoms with van der Waals surface area (Å²) in [5, 5.41) is 20.6. The van der Waals surface area contributed by atoms with Gasteiger partial charge in [0.1, 0.15) is 11.4 Å². The maximum atomic E-state index is 12.8. The maximum Gasteiger partial charge on any atom is 0.303 e. The van der Waals surface area contributed by atoms with Crippen molar-refractivity contribution < 1.29 is 19.4 Å². The van der Waals surface area contributed by atoms with Gasteiger partial charge in [-0.1, -0.05) is 33.8 Å². The third-order valence-electron chi connectivity index (χ3n) is 6.52. The van der Waals surface area contributed by atoms with Crippen molar-refractivity contribution in [1.29, 1.82) is 0 Å². The first-order chi connectivity index (χ1) is 17.6. The van der Waals surface area contributed by atoms with Gasteiger partial charge in [-0.25, -0.2) is 0 Å². The third kappa shape index (κ3) is 8.07. The summed E-state index contributed by atoms with van der Waals surface area (Å²) in [6, 6.07) is 8.99. The fraction of sp³-hybridized carbons (Fsp3) is 0.462. The smallest absolute Gasteiger partial charge is 0.303 e. The Hall–Kier alpha value is -3.86. The molecule has 2 aromatic heterocycles. The Bertz CT molecular complexity index is 1140. The van der Waals surface area contributed by atoms with Gasteiger partial charge in [-0.05, 0) is 42.5 Å². The average molecular weight is 510 g/mol. The van der Waals surface area contributed by atoms with E-state index in [4.69, 9.17) is 9.84 Å². The van der Waals surface area contributed by atoms with Crippen molar-refractivity contribution in [3.05, 3.63) is 54.1 Å². The Morgan fingerprint density at radius 2 is 1.54 bits per heavy atom. The van der Waals surface area contributed by atoms with E-state index in [0.717, 1.165) is 6.42 Å². The molecule has 0 radical (unpaired) electrons. The van der Waals surface area contributed by atoms with Gasteiger partial charge in [-0.3, -0.25) is 30.4 Å². The van der Waals surface area contributed by atoms with Crippen LogP contribution in [-0.2, 0) is 14.3 Å². The van der Waals surface area contributed by atoms with E-state index in [1.54, 1.807) is 24.5 Å². The minimum absolute atomic E-state index is 0.0472. The number of anilines is 1. The number of aromatic nitrogens is 2. The Morgan fingerprint density at radius 1 is 0.919 bits per heavy atom. The van der Waals surface area contributed by atoms with Crippen LogP contribution in [-0.4, -0.2) is 51.8 Å². The second-order valence-corrected chi connectivity index (χ2v) is 9.91. The molecule has 3 rings (SSSR count). The molecule has 37 heavy (non-hydrogen) atoms. The molecule has 2 aromatic rings. The van der Waals surface area contributed by atoms with Gasteiger partial charge in [0.25, 0.3) is 0 Å². The van der Waals surface area contributed by atoms with Crippen molar-refractivity contribution in [2.24, 2.45) is 21.0 Å². The first-order valence-electron chi connectivity index (χ1n) is 12.3. The standard InChI is InChI=1S/C26H35N7O4/c1-5-25(3,16-37-17-26(4,6-2)14-22(35)36)13-21(34)29-18-10-11-20(28-15-18)24-32-30-23(31-33-24)19-9-7-8-12-27-19/h7-12,15H,5-6,13-14,16-17H2,1-4H3,(H,29,34)(H,30,31)(H,32,33)(H,35,36). The molecule has 0 bridgehead atoms. The highest BCUT2D eigenvalue weighted by Crippen LogP contribution is 2.30. The van der Waals surface area contributed by atoms with Crippen LogP contribution in [0.25, 0.3) is 0 Å². The molecular formula is C26H35N7O4. The van der Waals surface area contributed by atoms with Crippen LogP contribution >= 0.6 is 0 Å². The van der Waals surface area contributed by atoms with Crippen LogP contribution in [0.5, 0.6) is 0 Å². The van der Waals surface area contributed by atoms with E-state index in [2.05, 4.69) is 36.3 Å². The molecule has 0 saturated carbocycles. The fourth-order valence-corrected chi connectivity index (χ4v) is 3.67. The van der Waals surface area contributed by atoms with E-state index in [1.165, 1.54) is 0 Å². The molecule has 198 valence electrons. The molecule has 3 heterocycles. The largest absolute Gasteiger partial charge is 0.481 e. The number of pyridine rings is 2. The zero-order valence-electron chi connectivity index (χ0n) is 21.7. The van der Waals surface area contributed by atoms with E-state index in [0.29, 0.717) is 48.4 Å². The highest BCUT2D eigenvalue weighted by atomic mass is 16.5. The number of carbonyl (C=O) groups excluding carboxylic acids is 1. The van der Waals surface area contributed by atoms with Gasteiger partial charge in [0.05, 0.1) is 31.5 Å². The van der Waals surface area contributed by atoms with Gasteiger partial charge < -0.3 is 15.2 Å². The summed E-state index contributed by atoms with van der Waals surface area (Å²) in [7, 11) is 0. The molecule has 11 nitrogen and oxygen atoms in total. The topological polar surface area (TPSA) is 150 Å². The average Bonchev–Trinajstić information content (AvgIpc) is 2.89. The van der Waals surface area contributed by atoms with Crippen molar-refractivity contribution in [1.82, 2.24) is 20.8 Å². The quantitative estimate of drug-likeness (QED) is 0.321. The van der Waals surface area contributed by atoms with Crippen LogP contribution in [0.4, 0.5) is 5.69 Å². The van der Waals surface area contributed by atoms with Crippen molar-refractivity contribution in [2.45, 2.75) is 53.4 Å². The van der Waals surface area contributed by atoms with Crippen LogP contribution in [0.15, 0.2) is 52.9 Å². The van der Waals surface area contributed by atoms with Crippen molar-refractivity contribution in [3.8, 4) is 0 Å². The Labute approximate surface area is 216 Å². The lowest BCUT2D eigenvalue weighted by Gasteiger charge is -2.31.